The van der Waals surface area contributed by atoms with Gasteiger partial charge in [0.2, 0.25) is 11.7 Å². The van der Waals surface area contributed by atoms with E-state index in [0.29, 0.717) is 0 Å². The lowest BCUT2D eigenvalue weighted by atomic mass is 10.0. The van der Waals surface area contributed by atoms with Crippen molar-refractivity contribution in [1.82, 2.24) is 4.98 Å². The second-order valence-electron chi connectivity index (χ2n) is 3.67. The molecule has 0 N–H and O–H groups in total. The molecule has 0 fully saturated rings. The third-order valence-corrected chi connectivity index (χ3v) is 2.67. The van der Waals surface area contributed by atoms with Gasteiger partial charge in [0.05, 0.1) is 12.7 Å². The molecular formula is C12H5ClF5NO. The molecule has 0 aliphatic heterocycles. The summed E-state index contributed by atoms with van der Waals surface area (Å²) >= 11 is 5.60. The SMILES string of the molecule is COc1cc(-c2c(F)c(F)c(F)c(F)c2F)cc(Cl)n1. The minimum atomic E-state index is -2.23. The molecule has 2 nitrogen and oxygen atoms in total. The van der Waals surface area contributed by atoms with Crippen molar-refractivity contribution < 1.29 is 26.7 Å². The van der Waals surface area contributed by atoms with Crippen LogP contribution >= 0.6 is 11.6 Å². The van der Waals surface area contributed by atoms with Crippen molar-refractivity contribution in [2.24, 2.45) is 0 Å². The molecule has 0 saturated carbocycles. The molecule has 1 heterocycles. The van der Waals surface area contributed by atoms with E-state index in [1.165, 1.54) is 7.11 Å². The Labute approximate surface area is 114 Å². The minimum absolute atomic E-state index is 0.128. The molecule has 0 aliphatic carbocycles. The summed E-state index contributed by atoms with van der Waals surface area (Å²) in [5, 5.41) is -0.219. The molecular weight excluding hydrogens is 305 g/mol. The van der Waals surface area contributed by atoms with Gasteiger partial charge in [-0.15, -0.1) is 0 Å². The number of ether oxygens (including phenoxy) is 1. The van der Waals surface area contributed by atoms with Crippen LogP contribution in [0.2, 0.25) is 5.15 Å². The Morgan fingerprint density at radius 3 is 1.90 bits per heavy atom. The molecule has 20 heavy (non-hydrogen) atoms. The fourth-order valence-electron chi connectivity index (χ4n) is 1.58. The topological polar surface area (TPSA) is 22.1 Å². The molecule has 2 rings (SSSR count). The van der Waals surface area contributed by atoms with Crippen LogP contribution < -0.4 is 4.74 Å². The fraction of sp³-hybridized carbons (Fsp3) is 0.0833. The van der Waals surface area contributed by atoms with Crippen LogP contribution in [-0.4, -0.2) is 12.1 Å². The number of halogens is 6. The lowest BCUT2D eigenvalue weighted by Crippen LogP contribution is -2.04. The Morgan fingerprint density at radius 2 is 1.40 bits per heavy atom. The van der Waals surface area contributed by atoms with E-state index in [9.17, 15) is 22.0 Å². The second kappa shape index (κ2) is 5.24. The Bertz CT molecular complexity index is 663. The van der Waals surface area contributed by atoms with Gasteiger partial charge in [0.15, 0.2) is 23.3 Å². The van der Waals surface area contributed by atoms with Gasteiger partial charge in [-0.1, -0.05) is 11.6 Å². The molecule has 106 valence electrons. The molecule has 0 aliphatic rings. The Hall–Kier alpha value is -1.89. The zero-order valence-corrected chi connectivity index (χ0v) is 10.5. The first-order chi connectivity index (χ1) is 9.36. The van der Waals surface area contributed by atoms with E-state index in [2.05, 4.69) is 4.98 Å². The number of hydrogen-bond donors (Lipinski definition) is 0. The maximum absolute atomic E-state index is 13.6. The highest BCUT2D eigenvalue weighted by molar-refractivity contribution is 6.29. The lowest BCUT2D eigenvalue weighted by Gasteiger charge is -2.09. The molecule has 8 heteroatoms. The first-order valence-corrected chi connectivity index (χ1v) is 5.48. The van der Waals surface area contributed by atoms with Gasteiger partial charge < -0.3 is 4.74 Å². The molecule has 1 aromatic carbocycles. The largest absolute Gasteiger partial charge is 0.481 e. The Kier molecular flexibility index (Phi) is 3.80. The molecule has 0 amide bonds. The molecule has 1 aromatic heterocycles. The summed E-state index contributed by atoms with van der Waals surface area (Å²) in [5.74, 6) is -10.3. The highest BCUT2D eigenvalue weighted by Crippen LogP contribution is 2.33. The zero-order valence-electron chi connectivity index (χ0n) is 9.78. The van der Waals surface area contributed by atoms with Crippen molar-refractivity contribution in [2.45, 2.75) is 0 Å². The first kappa shape index (κ1) is 14.5. The van der Waals surface area contributed by atoms with E-state index in [-0.39, 0.29) is 16.6 Å². The number of aromatic nitrogens is 1. The average molecular weight is 310 g/mol. The summed E-state index contributed by atoms with van der Waals surface area (Å²) < 4.78 is 71.2. The number of hydrogen-bond acceptors (Lipinski definition) is 2. The summed E-state index contributed by atoms with van der Waals surface area (Å²) in [4.78, 5) is 3.64. The third-order valence-electron chi connectivity index (χ3n) is 2.48. The van der Waals surface area contributed by atoms with E-state index in [1.807, 2.05) is 0 Å². The van der Waals surface area contributed by atoms with Gasteiger partial charge in [0.1, 0.15) is 5.15 Å². The number of methoxy groups -OCH3 is 1. The van der Waals surface area contributed by atoms with Crippen molar-refractivity contribution in [3.8, 4) is 17.0 Å². The van der Waals surface area contributed by atoms with E-state index in [0.717, 1.165) is 12.1 Å². The highest BCUT2D eigenvalue weighted by atomic mass is 35.5. The highest BCUT2D eigenvalue weighted by Gasteiger charge is 2.27. The summed E-state index contributed by atoms with van der Waals surface area (Å²) in [6, 6.07) is 1.96. The minimum Gasteiger partial charge on any atom is -0.481 e. The van der Waals surface area contributed by atoms with Crippen LogP contribution in [0.15, 0.2) is 12.1 Å². The van der Waals surface area contributed by atoms with Crippen molar-refractivity contribution in [1.29, 1.82) is 0 Å². The molecule has 2 aromatic rings. The van der Waals surface area contributed by atoms with Crippen molar-refractivity contribution in [3.05, 3.63) is 46.4 Å². The Balaban J connectivity index is 2.79. The monoisotopic (exact) mass is 309 g/mol. The van der Waals surface area contributed by atoms with Gasteiger partial charge in [-0.25, -0.2) is 26.9 Å². The van der Waals surface area contributed by atoms with Crippen LogP contribution in [-0.2, 0) is 0 Å². The average Bonchev–Trinajstić information content (AvgIpc) is 2.42. The summed E-state index contributed by atoms with van der Waals surface area (Å²) in [6.45, 7) is 0. The maximum Gasteiger partial charge on any atom is 0.214 e. The summed E-state index contributed by atoms with van der Waals surface area (Å²) in [6.07, 6.45) is 0. The first-order valence-electron chi connectivity index (χ1n) is 5.10. The van der Waals surface area contributed by atoms with Crippen LogP contribution in [0.25, 0.3) is 11.1 Å². The van der Waals surface area contributed by atoms with Gasteiger partial charge >= 0.3 is 0 Å². The smallest absolute Gasteiger partial charge is 0.214 e. The predicted octanol–water partition coefficient (Wildman–Crippen LogP) is 4.11. The van der Waals surface area contributed by atoms with E-state index in [4.69, 9.17) is 16.3 Å². The lowest BCUT2D eigenvalue weighted by molar-refractivity contribution is 0.381. The predicted molar refractivity (Wildman–Crippen MR) is 61.0 cm³/mol. The summed E-state index contributed by atoms with van der Waals surface area (Å²) in [5.41, 5.74) is -1.43. The van der Waals surface area contributed by atoms with Gasteiger partial charge in [-0.05, 0) is 11.6 Å². The van der Waals surface area contributed by atoms with Crippen LogP contribution in [0, 0.1) is 29.1 Å². The third kappa shape index (κ3) is 2.29. The molecule has 0 saturated heterocycles. The van der Waals surface area contributed by atoms with Gasteiger partial charge in [0, 0.05) is 6.07 Å². The Morgan fingerprint density at radius 1 is 0.900 bits per heavy atom. The fourth-order valence-corrected chi connectivity index (χ4v) is 1.78. The standard InChI is InChI=1S/C12H5ClF5NO/c1-20-6-3-4(2-5(13)19-6)7-8(14)10(16)12(18)11(17)9(7)15/h2-3H,1H3. The normalized spacial score (nSPS) is 10.8. The molecule has 0 atom stereocenters. The summed E-state index contributed by atoms with van der Waals surface area (Å²) in [7, 11) is 1.21. The molecule has 0 radical (unpaired) electrons. The molecule has 0 bridgehead atoms. The van der Waals surface area contributed by atoms with Crippen molar-refractivity contribution >= 4 is 11.6 Å². The van der Waals surface area contributed by atoms with Crippen molar-refractivity contribution in [2.75, 3.05) is 7.11 Å². The van der Waals surface area contributed by atoms with Gasteiger partial charge in [-0.2, -0.15) is 0 Å². The number of rotatable bonds is 2. The van der Waals surface area contributed by atoms with Crippen molar-refractivity contribution in [3.63, 3.8) is 0 Å². The number of benzene rings is 1. The van der Waals surface area contributed by atoms with Gasteiger partial charge in [-0.3, -0.25) is 0 Å². The quantitative estimate of drug-likeness (QED) is 0.360. The van der Waals surface area contributed by atoms with Gasteiger partial charge in [0.25, 0.3) is 0 Å². The molecule has 0 spiro atoms. The van der Waals surface area contributed by atoms with E-state index >= 15 is 0 Å². The van der Waals surface area contributed by atoms with Crippen LogP contribution in [0.1, 0.15) is 0 Å². The van der Waals surface area contributed by atoms with Crippen LogP contribution in [0.4, 0.5) is 22.0 Å². The van der Waals surface area contributed by atoms with E-state index in [1.54, 1.807) is 0 Å². The zero-order chi connectivity index (χ0) is 15.0. The van der Waals surface area contributed by atoms with Crippen LogP contribution in [0.5, 0.6) is 5.88 Å². The number of pyridine rings is 1. The van der Waals surface area contributed by atoms with E-state index < -0.39 is 34.6 Å². The molecule has 0 unspecified atom stereocenters. The second-order valence-corrected chi connectivity index (χ2v) is 4.05. The maximum atomic E-state index is 13.6. The van der Waals surface area contributed by atoms with Crippen LogP contribution in [0.3, 0.4) is 0 Å². The number of nitrogens with zero attached hydrogens (tertiary/aromatic N) is 1.